The van der Waals surface area contributed by atoms with Gasteiger partial charge in [-0.25, -0.2) is 8.78 Å². The van der Waals surface area contributed by atoms with E-state index in [2.05, 4.69) is 59.4 Å². The molecule has 5 aromatic rings. The van der Waals surface area contributed by atoms with E-state index in [-0.39, 0.29) is 29.9 Å². The van der Waals surface area contributed by atoms with Gasteiger partial charge >= 0.3 is 0 Å². The smallest absolute Gasteiger partial charge is 0.221 e. The molecule has 37 heavy (non-hydrogen) atoms. The second-order valence-corrected chi connectivity index (χ2v) is 9.43. The maximum Gasteiger partial charge on any atom is 0.221 e. The molecule has 1 N–H and O–H groups in total. The summed E-state index contributed by atoms with van der Waals surface area (Å²) >= 11 is 0. The van der Waals surface area contributed by atoms with Crippen molar-refractivity contribution in [3.05, 3.63) is 143 Å². The Morgan fingerprint density at radius 2 is 1.43 bits per heavy atom. The van der Waals surface area contributed by atoms with E-state index in [1.807, 2.05) is 12.1 Å². The van der Waals surface area contributed by atoms with Gasteiger partial charge in [-0.1, -0.05) is 72.3 Å². The van der Waals surface area contributed by atoms with Crippen molar-refractivity contribution in [1.29, 1.82) is 0 Å². The minimum atomic E-state index is -0.315. The minimum absolute atomic E-state index is 0.131. The fraction of sp³-hybridized carbons (Fsp3) is 0.156. The van der Waals surface area contributed by atoms with E-state index in [4.69, 9.17) is 0 Å². The fourth-order valence-corrected chi connectivity index (χ4v) is 4.74. The Kier molecular flexibility index (Phi) is 7.13. The molecule has 1 aromatic heterocycles. The van der Waals surface area contributed by atoms with Gasteiger partial charge in [0.05, 0.1) is 0 Å². The third kappa shape index (κ3) is 5.78. The molecule has 1 heterocycles. The van der Waals surface area contributed by atoms with Crippen LogP contribution in [0.15, 0.2) is 103 Å². The molecule has 5 rings (SSSR count). The summed E-state index contributed by atoms with van der Waals surface area (Å²) in [5.41, 5.74) is 6.20. The average Bonchev–Trinajstić information content (AvgIpc) is 3.27. The van der Waals surface area contributed by atoms with Gasteiger partial charge in [0, 0.05) is 42.5 Å². The number of fused-ring (bicyclic) bond motifs is 1. The molecule has 0 saturated heterocycles. The van der Waals surface area contributed by atoms with Crippen LogP contribution in [0.2, 0.25) is 0 Å². The number of aryl methyl sites for hydroxylation is 1. The van der Waals surface area contributed by atoms with Crippen molar-refractivity contribution in [2.45, 2.75) is 32.4 Å². The molecular weight excluding hydrogens is 466 g/mol. The lowest BCUT2D eigenvalue weighted by Crippen LogP contribution is -2.25. The monoisotopic (exact) mass is 494 g/mol. The van der Waals surface area contributed by atoms with E-state index in [9.17, 15) is 13.6 Å². The summed E-state index contributed by atoms with van der Waals surface area (Å²) in [5.74, 6) is -1.02. The normalized spacial score (nSPS) is 12.0. The van der Waals surface area contributed by atoms with E-state index in [1.54, 1.807) is 24.3 Å². The van der Waals surface area contributed by atoms with Crippen LogP contribution in [0.3, 0.4) is 0 Å². The van der Waals surface area contributed by atoms with E-state index in [0.29, 0.717) is 13.1 Å². The van der Waals surface area contributed by atoms with Gasteiger partial charge in [0.1, 0.15) is 11.6 Å². The zero-order valence-electron chi connectivity index (χ0n) is 20.6. The zero-order chi connectivity index (χ0) is 25.8. The Hall–Kier alpha value is -4.25. The van der Waals surface area contributed by atoms with Gasteiger partial charge in [-0.15, -0.1) is 0 Å². The fourth-order valence-electron chi connectivity index (χ4n) is 4.74. The quantitative estimate of drug-likeness (QED) is 0.245. The van der Waals surface area contributed by atoms with Gasteiger partial charge in [-0.2, -0.15) is 0 Å². The van der Waals surface area contributed by atoms with Crippen LogP contribution in [0.1, 0.15) is 40.2 Å². The largest absolute Gasteiger partial charge is 0.352 e. The summed E-state index contributed by atoms with van der Waals surface area (Å²) in [6.45, 7) is 3.08. The van der Waals surface area contributed by atoms with Gasteiger partial charge in [-0.3, -0.25) is 4.79 Å². The molecule has 186 valence electrons. The Balaban J connectivity index is 1.47. The molecule has 1 atom stereocenters. The van der Waals surface area contributed by atoms with Crippen molar-refractivity contribution < 1.29 is 13.6 Å². The van der Waals surface area contributed by atoms with Crippen molar-refractivity contribution in [2.75, 3.05) is 0 Å². The van der Waals surface area contributed by atoms with Crippen molar-refractivity contribution >= 4 is 16.8 Å². The SMILES string of the molecule is Cc1ccc(Cn2cc(C(CC(=O)NCc3ccc(F)cc3)c3ccc(F)cc3)c3ccccc32)cc1. The number of amides is 1. The number of benzene rings is 4. The molecular formula is C32H28F2N2O. The van der Waals surface area contributed by atoms with Crippen LogP contribution in [0.5, 0.6) is 0 Å². The van der Waals surface area contributed by atoms with Crippen LogP contribution in [0.25, 0.3) is 10.9 Å². The highest BCUT2D eigenvalue weighted by Gasteiger charge is 2.23. The summed E-state index contributed by atoms with van der Waals surface area (Å²) in [6, 6.07) is 29.1. The standard InChI is InChI=1S/C32H28F2N2O/c1-22-6-8-24(9-7-22)20-36-21-30(28-4-2-3-5-31(28)36)29(25-12-16-27(34)17-13-25)18-32(37)35-19-23-10-14-26(33)15-11-23/h2-17,21,29H,18-20H2,1H3,(H,35,37). The number of nitrogens with one attached hydrogen (secondary N) is 1. The van der Waals surface area contributed by atoms with Crippen molar-refractivity contribution in [2.24, 2.45) is 0 Å². The number of para-hydroxylation sites is 1. The number of halogens is 2. The Bertz CT molecular complexity index is 1500. The number of rotatable bonds is 8. The summed E-state index contributed by atoms with van der Waals surface area (Å²) in [4.78, 5) is 13.1. The number of hydrogen-bond donors (Lipinski definition) is 1. The first kappa shape index (κ1) is 24.4. The average molecular weight is 495 g/mol. The molecule has 1 unspecified atom stereocenters. The molecule has 0 radical (unpaired) electrons. The second kappa shape index (κ2) is 10.8. The summed E-state index contributed by atoms with van der Waals surface area (Å²) < 4.78 is 29.2. The highest BCUT2D eigenvalue weighted by atomic mass is 19.1. The van der Waals surface area contributed by atoms with Crippen LogP contribution in [0, 0.1) is 18.6 Å². The molecule has 0 spiro atoms. The number of aromatic nitrogens is 1. The highest BCUT2D eigenvalue weighted by molar-refractivity contribution is 5.86. The van der Waals surface area contributed by atoms with Gasteiger partial charge in [0.25, 0.3) is 0 Å². The third-order valence-corrected chi connectivity index (χ3v) is 6.73. The van der Waals surface area contributed by atoms with Crippen LogP contribution in [0.4, 0.5) is 8.78 Å². The second-order valence-electron chi connectivity index (χ2n) is 9.43. The molecule has 0 saturated carbocycles. The lowest BCUT2D eigenvalue weighted by Gasteiger charge is -2.17. The molecule has 5 heteroatoms. The molecule has 0 fully saturated rings. The number of nitrogens with zero attached hydrogens (tertiary/aromatic N) is 1. The van der Waals surface area contributed by atoms with Crippen LogP contribution >= 0.6 is 0 Å². The topological polar surface area (TPSA) is 34.0 Å². The highest BCUT2D eigenvalue weighted by Crippen LogP contribution is 2.35. The molecule has 0 bridgehead atoms. The molecule has 0 aliphatic rings. The van der Waals surface area contributed by atoms with Crippen LogP contribution < -0.4 is 5.32 Å². The number of carbonyl (C=O) groups is 1. The molecule has 3 nitrogen and oxygen atoms in total. The summed E-state index contributed by atoms with van der Waals surface area (Å²) in [6.07, 6.45) is 2.32. The Morgan fingerprint density at radius 3 is 2.14 bits per heavy atom. The summed E-state index contributed by atoms with van der Waals surface area (Å²) in [7, 11) is 0. The van der Waals surface area contributed by atoms with Gasteiger partial charge in [0.2, 0.25) is 5.91 Å². The van der Waals surface area contributed by atoms with Crippen LogP contribution in [-0.2, 0) is 17.9 Å². The maximum absolute atomic E-state index is 13.8. The maximum atomic E-state index is 13.8. The number of hydrogen-bond acceptors (Lipinski definition) is 1. The van der Waals surface area contributed by atoms with Crippen molar-refractivity contribution in [1.82, 2.24) is 9.88 Å². The van der Waals surface area contributed by atoms with Crippen molar-refractivity contribution in [3.63, 3.8) is 0 Å². The van der Waals surface area contributed by atoms with E-state index >= 15 is 0 Å². The minimum Gasteiger partial charge on any atom is -0.352 e. The molecule has 4 aromatic carbocycles. The van der Waals surface area contributed by atoms with Gasteiger partial charge in [0.15, 0.2) is 0 Å². The van der Waals surface area contributed by atoms with Crippen molar-refractivity contribution in [3.8, 4) is 0 Å². The molecule has 0 aliphatic heterocycles. The van der Waals surface area contributed by atoms with Crippen LogP contribution in [-0.4, -0.2) is 10.5 Å². The van der Waals surface area contributed by atoms with E-state index in [1.165, 1.54) is 35.4 Å². The molecule has 0 aliphatic carbocycles. The molecule has 1 amide bonds. The first-order valence-electron chi connectivity index (χ1n) is 12.4. The third-order valence-electron chi connectivity index (χ3n) is 6.73. The van der Waals surface area contributed by atoms with Gasteiger partial charge < -0.3 is 9.88 Å². The lowest BCUT2D eigenvalue weighted by molar-refractivity contribution is -0.121. The zero-order valence-corrected chi connectivity index (χ0v) is 20.6. The first-order chi connectivity index (χ1) is 18.0. The van der Waals surface area contributed by atoms with E-state index < -0.39 is 0 Å². The van der Waals surface area contributed by atoms with Gasteiger partial charge in [-0.05, 0) is 59.5 Å². The lowest BCUT2D eigenvalue weighted by atomic mass is 9.88. The Labute approximate surface area is 215 Å². The summed E-state index contributed by atoms with van der Waals surface area (Å²) in [5, 5.41) is 4.02. The Morgan fingerprint density at radius 1 is 0.811 bits per heavy atom. The van der Waals surface area contributed by atoms with E-state index in [0.717, 1.165) is 27.6 Å². The first-order valence-corrected chi connectivity index (χ1v) is 12.4. The predicted molar refractivity (Wildman–Crippen MR) is 143 cm³/mol. The number of carbonyl (C=O) groups excluding carboxylic acids is 1. The predicted octanol–water partition coefficient (Wildman–Crippen LogP) is 7.11.